The minimum absolute atomic E-state index is 0.305. The van der Waals surface area contributed by atoms with Crippen molar-refractivity contribution in [1.82, 2.24) is 0 Å². The molecule has 0 fully saturated rings. The molecule has 1 aromatic rings. The molecule has 21 heavy (non-hydrogen) atoms. The van der Waals surface area contributed by atoms with Crippen LogP contribution in [0.2, 0.25) is 0 Å². The Morgan fingerprint density at radius 1 is 1.33 bits per heavy atom. The van der Waals surface area contributed by atoms with E-state index in [9.17, 15) is 19.5 Å². The Balaban J connectivity index is 2.13. The number of carbonyl (C=O) groups excluding carboxylic acids is 2. The molecule has 7 heteroatoms. The van der Waals surface area contributed by atoms with Crippen LogP contribution >= 0.6 is 0 Å². The van der Waals surface area contributed by atoms with Gasteiger partial charge < -0.3 is 19.3 Å². The molecule has 1 heterocycles. The standard InChI is InChI=1S/C14H14O7/c1-8(15)20-7-21-14(18)12(13(16)17)10-2-3-11-9(6-10)4-5-19-11/h2-3,6,12H,4-5,7H2,1H3,(H,16,17). The van der Waals surface area contributed by atoms with Crippen LogP contribution < -0.4 is 4.74 Å². The SMILES string of the molecule is CC(=O)OCOC(=O)C(C(=O)O)c1ccc2c(c1)CCO2. The molecule has 0 saturated carbocycles. The Morgan fingerprint density at radius 3 is 2.76 bits per heavy atom. The number of aliphatic carboxylic acids is 1. The first kappa shape index (κ1) is 14.8. The van der Waals surface area contributed by atoms with E-state index in [2.05, 4.69) is 9.47 Å². The van der Waals surface area contributed by atoms with Gasteiger partial charge in [-0.15, -0.1) is 0 Å². The molecule has 0 bridgehead atoms. The number of fused-ring (bicyclic) bond motifs is 1. The van der Waals surface area contributed by atoms with Crippen molar-refractivity contribution in [2.45, 2.75) is 19.3 Å². The lowest BCUT2D eigenvalue weighted by molar-refractivity contribution is -0.169. The van der Waals surface area contributed by atoms with Crippen molar-refractivity contribution in [3.63, 3.8) is 0 Å². The molecule has 1 unspecified atom stereocenters. The van der Waals surface area contributed by atoms with E-state index in [1.54, 1.807) is 12.1 Å². The number of hydrogen-bond donors (Lipinski definition) is 1. The maximum Gasteiger partial charge on any atom is 0.327 e. The van der Waals surface area contributed by atoms with E-state index < -0.39 is 30.6 Å². The van der Waals surface area contributed by atoms with Crippen molar-refractivity contribution in [3.05, 3.63) is 29.3 Å². The monoisotopic (exact) mass is 294 g/mol. The van der Waals surface area contributed by atoms with Crippen molar-refractivity contribution in [3.8, 4) is 5.75 Å². The number of esters is 2. The van der Waals surface area contributed by atoms with Gasteiger partial charge in [0.25, 0.3) is 0 Å². The van der Waals surface area contributed by atoms with E-state index in [1.165, 1.54) is 6.07 Å². The molecule has 1 atom stereocenters. The van der Waals surface area contributed by atoms with Crippen molar-refractivity contribution >= 4 is 17.9 Å². The molecule has 0 spiro atoms. The lowest BCUT2D eigenvalue weighted by Gasteiger charge is -2.13. The van der Waals surface area contributed by atoms with Gasteiger partial charge in [0.05, 0.1) is 6.61 Å². The molecular formula is C14H14O7. The van der Waals surface area contributed by atoms with Crippen LogP contribution in [0.25, 0.3) is 0 Å². The smallest absolute Gasteiger partial charge is 0.327 e. The highest BCUT2D eigenvalue weighted by Crippen LogP contribution is 2.29. The number of ether oxygens (including phenoxy) is 3. The highest BCUT2D eigenvalue weighted by atomic mass is 16.7. The Kier molecular flexibility index (Phi) is 4.42. The zero-order valence-corrected chi connectivity index (χ0v) is 11.3. The van der Waals surface area contributed by atoms with Gasteiger partial charge in [-0.1, -0.05) is 12.1 Å². The average molecular weight is 294 g/mol. The van der Waals surface area contributed by atoms with Gasteiger partial charge in [-0.25, -0.2) is 0 Å². The number of benzene rings is 1. The molecule has 0 aliphatic carbocycles. The van der Waals surface area contributed by atoms with Gasteiger partial charge in [-0.3, -0.25) is 14.4 Å². The first-order chi connectivity index (χ1) is 9.99. The van der Waals surface area contributed by atoms with Gasteiger partial charge in [0.15, 0.2) is 5.92 Å². The largest absolute Gasteiger partial charge is 0.493 e. The molecule has 0 aromatic heterocycles. The lowest BCUT2D eigenvalue weighted by Crippen LogP contribution is -2.25. The van der Waals surface area contributed by atoms with E-state index in [4.69, 9.17) is 4.74 Å². The van der Waals surface area contributed by atoms with Crippen molar-refractivity contribution in [2.75, 3.05) is 13.4 Å². The van der Waals surface area contributed by atoms with Gasteiger partial charge in [-0.2, -0.15) is 0 Å². The quantitative estimate of drug-likeness (QED) is 0.488. The molecule has 0 radical (unpaired) electrons. The van der Waals surface area contributed by atoms with E-state index in [0.717, 1.165) is 12.5 Å². The average Bonchev–Trinajstić information content (AvgIpc) is 2.85. The summed E-state index contributed by atoms with van der Waals surface area (Å²) in [7, 11) is 0. The summed E-state index contributed by atoms with van der Waals surface area (Å²) in [4.78, 5) is 33.7. The zero-order valence-electron chi connectivity index (χ0n) is 11.3. The van der Waals surface area contributed by atoms with Crippen LogP contribution in [-0.4, -0.2) is 36.4 Å². The summed E-state index contributed by atoms with van der Waals surface area (Å²) in [6.45, 7) is 1.09. The van der Waals surface area contributed by atoms with Crippen LogP contribution in [0.4, 0.5) is 0 Å². The molecule has 1 N–H and O–H groups in total. The van der Waals surface area contributed by atoms with Crippen molar-refractivity contribution < 1.29 is 33.7 Å². The number of rotatable bonds is 5. The maximum atomic E-state index is 11.8. The first-order valence-corrected chi connectivity index (χ1v) is 6.27. The molecule has 7 nitrogen and oxygen atoms in total. The van der Waals surface area contributed by atoms with Crippen LogP contribution in [0.5, 0.6) is 5.75 Å². The van der Waals surface area contributed by atoms with Gasteiger partial charge >= 0.3 is 17.9 Å². The number of carboxylic acid groups (broad SMARTS) is 1. The van der Waals surface area contributed by atoms with Crippen LogP contribution in [0.3, 0.4) is 0 Å². The fourth-order valence-electron chi connectivity index (χ4n) is 2.02. The lowest BCUT2D eigenvalue weighted by atomic mass is 9.96. The third kappa shape index (κ3) is 3.50. The molecule has 1 aliphatic rings. The van der Waals surface area contributed by atoms with Gasteiger partial charge in [0, 0.05) is 13.3 Å². The van der Waals surface area contributed by atoms with Crippen molar-refractivity contribution in [2.24, 2.45) is 0 Å². The van der Waals surface area contributed by atoms with Gasteiger partial charge in [0.1, 0.15) is 5.75 Å². The molecule has 0 amide bonds. The highest BCUT2D eigenvalue weighted by Gasteiger charge is 2.31. The predicted molar refractivity (Wildman–Crippen MR) is 68.7 cm³/mol. The third-order valence-electron chi connectivity index (χ3n) is 2.99. The maximum absolute atomic E-state index is 11.8. The van der Waals surface area contributed by atoms with E-state index in [1.807, 2.05) is 0 Å². The van der Waals surface area contributed by atoms with E-state index in [0.29, 0.717) is 24.3 Å². The fraction of sp³-hybridized carbons (Fsp3) is 0.357. The van der Waals surface area contributed by atoms with E-state index >= 15 is 0 Å². The molecule has 112 valence electrons. The highest BCUT2D eigenvalue weighted by molar-refractivity contribution is 6.00. The Morgan fingerprint density at radius 2 is 2.10 bits per heavy atom. The minimum Gasteiger partial charge on any atom is -0.493 e. The molecule has 2 rings (SSSR count). The topological polar surface area (TPSA) is 99.1 Å². The number of carboxylic acids is 1. The van der Waals surface area contributed by atoms with Crippen LogP contribution in [-0.2, 0) is 30.3 Å². The summed E-state index contributed by atoms with van der Waals surface area (Å²) in [6.07, 6.45) is 0.665. The summed E-state index contributed by atoms with van der Waals surface area (Å²) in [5.41, 5.74) is 1.16. The predicted octanol–water partition coefficient (Wildman–Crippen LogP) is 0.853. The fourth-order valence-corrected chi connectivity index (χ4v) is 2.02. The Hall–Kier alpha value is -2.57. The zero-order chi connectivity index (χ0) is 15.4. The van der Waals surface area contributed by atoms with Crippen LogP contribution in [0.15, 0.2) is 18.2 Å². The summed E-state index contributed by atoms with van der Waals surface area (Å²) in [5, 5.41) is 9.21. The second-order valence-corrected chi connectivity index (χ2v) is 4.45. The molecular weight excluding hydrogens is 280 g/mol. The minimum atomic E-state index is -1.47. The third-order valence-corrected chi connectivity index (χ3v) is 2.99. The van der Waals surface area contributed by atoms with Crippen LogP contribution in [0.1, 0.15) is 24.0 Å². The molecule has 1 aromatic carbocycles. The summed E-state index contributed by atoms with van der Waals surface area (Å²) >= 11 is 0. The summed E-state index contributed by atoms with van der Waals surface area (Å²) in [6, 6.07) is 4.76. The second-order valence-electron chi connectivity index (χ2n) is 4.45. The Bertz CT molecular complexity index is 579. The van der Waals surface area contributed by atoms with Crippen molar-refractivity contribution in [1.29, 1.82) is 0 Å². The van der Waals surface area contributed by atoms with Gasteiger partial charge in [-0.05, 0) is 17.2 Å². The molecule has 1 aliphatic heterocycles. The second kappa shape index (κ2) is 6.25. The number of carbonyl (C=O) groups is 3. The summed E-state index contributed by atoms with van der Waals surface area (Å²) < 4.78 is 14.4. The first-order valence-electron chi connectivity index (χ1n) is 6.27. The van der Waals surface area contributed by atoms with Crippen LogP contribution in [0, 0.1) is 0 Å². The normalized spacial score (nSPS) is 13.8. The summed E-state index contributed by atoms with van der Waals surface area (Å²) in [5.74, 6) is -3.71. The Labute approximate surface area is 120 Å². The number of hydrogen-bond acceptors (Lipinski definition) is 6. The van der Waals surface area contributed by atoms with E-state index in [-0.39, 0.29) is 0 Å². The molecule has 0 saturated heterocycles. The van der Waals surface area contributed by atoms with Gasteiger partial charge in [0.2, 0.25) is 6.79 Å².